The molecule has 0 N–H and O–H groups in total. The van der Waals surface area contributed by atoms with Gasteiger partial charge < -0.3 is 9.47 Å². The predicted octanol–water partition coefficient (Wildman–Crippen LogP) is 2.17. The Kier molecular flexibility index (Phi) is 2.74. The van der Waals surface area contributed by atoms with Crippen molar-refractivity contribution in [3.63, 3.8) is 0 Å². The Hall–Kier alpha value is -1.91. The topological polar surface area (TPSA) is 46.8 Å². The molecule has 0 saturated heterocycles. The van der Waals surface area contributed by atoms with Crippen LogP contribution in [0.15, 0.2) is 24.8 Å². The van der Waals surface area contributed by atoms with Crippen molar-refractivity contribution >= 4 is 17.0 Å². The van der Waals surface area contributed by atoms with E-state index in [1.165, 1.54) is 12.8 Å². The minimum Gasteiger partial charge on any atom is -0.361 e. The van der Waals surface area contributed by atoms with Crippen LogP contribution < -0.4 is 4.90 Å². The maximum atomic E-state index is 4.48. The van der Waals surface area contributed by atoms with E-state index in [9.17, 15) is 0 Å². The summed E-state index contributed by atoms with van der Waals surface area (Å²) >= 11 is 0. The Morgan fingerprint density at radius 2 is 2.17 bits per heavy atom. The van der Waals surface area contributed by atoms with E-state index >= 15 is 0 Å². The van der Waals surface area contributed by atoms with Crippen molar-refractivity contribution in [1.29, 1.82) is 0 Å². The number of hydrogen-bond acceptors (Lipinski definition) is 4. The summed E-state index contributed by atoms with van der Waals surface area (Å²) in [7, 11) is 3.95. The Morgan fingerprint density at radius 1 is 1.28 bits per heavy atom. The van der Waals surface area contributed by atoms with E-state index in [4.69, 9.17) is 0 Å². The second-order valence-electron chi connectivity index (χ2n) is 4.84. The highest BCUT2D eigenvalue weighted by Crippen LogP contribution is 2.27. The molecule has 0 aromatic carbocycles. The van der Waals surface area contributed by atoms with Crippen LogP contribution in [0.1, 0.15) is 25.3 Å². The van der Waals surface area contributed by atoms with Crippen LogP contribution in [0.3, 0.4) is 0 Å². The summed E-state index contributed by atoms with van der Waals surface area (Å²) in [5.74, 6) is 0.874. The number of imidazole rings is 1. The van der Waals surface area contributed by atoms with Crippen molar-refractivity contribution in [2.45, 2.75) is 25.3 Å². The van der Waals surface area contributed by atoms with E-state index in [1.54, 1.807) is 6.33 Å². The van der Waals surface area contributed by atoms with Crippen LogP contribution in [0.2, 0.25) is 0 Å². The molecule has 1 aliphatic rings. The summed E-state index contributed by atoms with van der Waals surface area (Å²) in [5, 5.41) is 0. The van der Waals surface area contributed by atoms with Crippen LogP contribution in [0.25, 0.3) is 11.2 Å². The van der Waals surface area contributed by atoms with Crippen LogP contribution >= 0.6 is 0 Å². The van der Waals surface area contributed by atoms with Crippen molar-refractivity contribution < 1.29 is 0 Å². The Morgan fingerprint density at radius 3 is 2.89 bits per heavy atom. The lowest BCUT2D eigenvalue weighted by molar-refractivity contribution is 0.525. The van der Waals surface area contributed by atoms with Gasteiger partial charge in [-0.25, -0.2) is 15.0 Å². The number of anilines is 1. The lowest BCUT2D eigenvalue weighted by Crippen LogP contribution is -2.12. The van der Waals surface area contributed by atoms with Gasteiger partial charge in [0.15, 0.2) is 17.0 Å². The van der Waals surface area contributed by atoms with Gasteiger partial charge in [0.05, 0.1) is 12.4 Å². The zero-order chi connectivity index (χ0) is 12.5. The third-order valence-electron chi connectivity index (χ3n) is 3.35. The fraction of sp³-hybridized carbons (Fsp3) is 0.462. The molecule has 0 saturated carbocycles. The number of fused-ring (bicyclic) bond motifs is 1. The highest BCUT2D eigenvalue weighted by Gasteiger charge is 2.17. The number of hydrogen-bond donors (Lipinski definition) is 0. The average molecular weight is 243 g/mol. The van der Waals surface area contributed by atoms with Gasteiger partial charge in [-0.1, -0.05) is 12.2 Å². The number of rotatable bonds is 2. The first-order valence-electron chi connectivity index (χ1n) is 6.29. The minimum absolute atomic E-state index is 0.383. The molecule has 1 unspecified atom stereocenters. The van der Waals surface area contributed by atoms with E-state index in [0.717, 1.165) is 23.4 Å². The number of nitrogens with zero attached hydrogens (tertiary/aromatic N) is 5. The van der Waals surface area contributed by atoms with Crippen molar-refractivity contribution in [3.05, 3.63) is 24.8 Å². The molecular weight excluding hydrogens is 226 g/mol. The summed E-state index contributed by atoms with van der Waals surface area (Å²) in [4.78, 5) is 15.1. The third-order valence-corrected chi connectivity index (χ3v) is 3.35. The van der Waals surface area contributed by atoms with Crippen molar-refractivity contribution in [1.82, 2.24) is 19.5 Å². The Labute approximate surface area is 106 Å². The molecule has 94 valence electrons. The van der Waals surface area contributed by atoms with E-state index in [0.29, 0.717) is 6.04 Å². The number of aromatic nitrogens is 4. The second-order valence-corrected chi connectivity index (χ2v) is 4.84. The summed E-state index contributed by atoms with van der Waals surface area (Å²) in [6, 6.07) is 0.383. The van der Waals surface area contributed by atoms with Gasteiger partial charge in [-0.2, -0.15) is 0 Å². The van der Waals surface area contributed by atoms with Crippen LogP contribution in [0.4, 0.5) is 5.82 Å². The second kappa shape index (κ2) is 4.40. The molecule has 0 amide bonds. The van der Waals surface area contributed by atoms with Gasteiger partial charge in [0.1, 0.15) is 6.33 Å². The van der Waals surface area contributed by atoms with E-state index in [1.807, 2.05) is 25.3 Å². The molecule has 2 heterocycles. The Bertz CT molecular complexity index is 584. The first-order chi connectivity index (χ1) is 8.77. The first-order valence-corrected chi connectivity index (χ1v) is 6.29. The molecule has 2 aromatic heterocycles. The van der Waals surface area contributed by atoms with Gasteiger partial charge >= 0.3 is 0 Å². The molecule has 0 fully saturated rings. The highest BCUT2D eigenvalue weighted by molar-refractivity contribution is 5.83. The predicted molar refractivity (Wildman–Crippen MR) is 71.7 cm³/mol. The van der Waals surface area contributed by atoms with Crippen LogP contribution in [-0.2, 0) is 0 Å². The van der Waals surface area contributed by atoms with Crippen LogP contribution in [0.5, 0.6) is 0 Å². The van der Waals surface area contributed by atoms with E-state index in [2.05, 4.69) is 31.7 Å². The summed E-state index contributed by atoms with van der Waals surface area (Å²) < 4.78 is 2.15. The molecule has 5 heteroatoms. The Balaban J connectivity index is 2.12. The maximum Gasteiger partial charge on any atom is 0.165 e. The minimum atomic E-state index is 0.383. The van der Waals surface area contributed by atoms with Crippen LogP contribution in [-0.4, -0.2) is 33.6 Å². The largest absolute Gasteiger partial charge is 0.361 e. The van der Waals surface area contributed by atoms with Gasteiger partial charge in [-0.05, 0) is 19.3 Å². The van der Waals surface area contributed by atoms with Gasteiger partial charge in [-0.3, -0.25) is 0 Å². The van der Waals surface area contributed by atoms with Crippen LogP contribution in [0, 0.1) is 0 Å². The van der Waals surface area contributed by atoms with Gasteiger partial charge in [0.2, 0.25) is 0 Å². The SMILES string of the molecule is CN(C)c1ncnc2c1ncn2C1C=CCCC1. The van der Waals surface area contributed by atoms with E-state index < -0.39 is 0 Å². The lowest BCUT2D eigenvalue weighted by Gasteiger charge is -2.18. The maximum absolute atomic E-state index is 4.48. The van der Waals surface area contributed by atoms with Gasteiger partial charge in [-0.15, -0.1) is 0 Å². The molecule has 1 aliphatic carbocycles. The normalized spacial score (nSPS) is 19.3. The monoisotopic (exact) mass is 243 g/mol. The van der Waals surface area contributed by atoms with Crippen molar-refractivity contribution in [2.75, 3.05) is 19.0 Å². The fourth-order valence-electron chi connectivity index (χ4n) is 2.44. The fourth-order valence-corrected chi connectivity index (χ4v) is 2.44. The highest BCUT2D eigenvalue weighted by atomic mass is 15.2. The molecular formula is C13H17N5. The molecule has 0 spiro atoms. The molecule has 2 aromatic rings. The number of allylic oxidation sites excluding steroid dienone is 2. The summed E-state index contributed by atoms with van der Waals surface area (Å²) in [5.41, 5.74) is 1.80. The summed E-state index contributed by atoms with van der Waals surface area (Å²) in [6.07, 6.45) is 11.6. The van der Waals surface area contributed by atoms with Crippen molar-refractivity contribution in [2.24, 2.45) is 0 Å². The zero-order valence-electron chi connectivity index (χ0n) is 10.7. The molecule has 0 aliphatic heterocycles. The third kappa shape index (κ3) is 1.75. The first kappa shape index (κ1) is 11.2. The van der Waals surface area contributed by atoms with Gasteiger partial charge in [0.25, 0.3) is 0 Å². The quantitative estimate of drug-likeness (QED) is 0.758. The smallest absolute Gasteiger partial charge is 0.165 e. The molecule has 1 atom stereocenters. The molecule has 3 rings (SSSR count). The lowest BCUT2D eigenvalue weighted by atomic mass is 10.0. The van der Waals surface area contributed by atoms with Gasteiger partial charge in [0, 0.05) is 14.1 Å². The van der Waals surface area contributed by atoms with Crippen molar-refractivity contribution in [3.8, 4) is 0 Å². The zero-order valence-corrected chi connectivity index (χ0v) is 10.7. The molecule has 0 bridgehead atoms. The van der Waals surface area contributed by atoms with E-state index in [-0.39, 0.29) is 0 Å². The molecule has 5 nitrogen and oxygen atoms in total. The average Bonchev–Trinajstić information content (AvgIpc) is 2.83. The summed E-state index contributed by atoms with van der Waals surface area (Å²) in [6.45, 7) is 0. The molecule has 0 radical (unpaired) electrons. The molecule has 18 heavy (non-hydrogen) atoms. The standard InChI is InChI=1S/C13H17N5/c1-17(2)12-11-13(15-8-14-12)18(9-16-11)10-6-4-3-5-7-10/h4,6,8-10H,3,5,7H2,1-2H3.